The van der Waals surface area contributed by atoms with Gasteiger partial charge in [-0.1, -0.05) is 58.9 Å². The van der Waals surface area contributed by atoms with Crippen molar-refractivity contribution < 1.29 is 37.1 Å². The number of ether oxygens (including phenoxy) is 2. The second-order valence-electron chi connectivity index (χ2n) is 15.8. The third-order valence-electron chi connectivity index (χ3n) is 10.7. The average molecular weight is 898 g/mol. The topological polar surface area (TPSA) is 46.1 Å². The molecule has 274 valence electrons. The van der Waals surface area contributed by atoms with Crippen LogP contribution in [0.1, 0.15) is 66.0 Å². The number of para-hydroxylation sites is 2. The zero-order valence-electron chi connectivity index (χ0n) is 36.8. The Kier molecular flexibility index (Phi) is 6.65. The molecular formula is C47H44N4O2Pt. The van der Waals surface area contributed by atoms with Crippen molar-refractivity contribution in [1.29, 1.82) is 0 Å². The van der Waals surface area contributed by atoms with Gasteiger partial charge in [-0.25, -0.2) is 0 Å². The average Bonchev–Trinajstić information content (AvgIpc) is 3.67. The zero-order chi connectivity index (χ0) is 42.5. The van der Waals surface area contributed by atoms with Crippen molar-refractivity contribution in [3.63, 3.8) is 0 Å². The van der Waals surface area contributed by atoms with Gasteiger partial charge in [0.1, 0.15) is 5.75 Å². The molecule has 6 nitrogen and oxygen atoms in total. The molecule has 0 fully saturated rings. The number of aryl methyl sites for hydroxylation is 2. The first-order chi connectivity index (χ1) is 28.3. The number of hydrogen-bond acceptors (Lipinski definition) is 3. The third-order valence-corrected chi connectivity index (χ3v) is 11.8. The summed E-state index contributed by atoms with van der Waals surface area (Å²) in [6.45, 7) is 6.72. The van der Waals surface area contributed by atoms with E-state index in [1.54, 1.807) is 12.3 Å². The van der Waals surface area contributed by atoms with Crippen LogP contribution in [-0.4, -0.2) is 25.3 Å². The van der Waals surface area contributed by atoms with E-state index >= 15 is 0 Å². The Labute approximate surface area is 335 Å². The molecule has 3 aromatic heterocycles. The van der Waals surface area contributed by atoms with Gasteiger partial charge in [0.2, 0.25) is 0 Å². The Morgan fingerprint density at radius 1 is 0.796 bits per heavy atom. The van der Waals surface area contributed by atoms with Crippen LogP contribution in [0.2, 0.25) is 0 Å². The molecule has 8 aromatic rings. The van der Waals surface area contributed by atoms with Gasteiger partial charge in [-0.3, -0.25) is 0 Å². The van der Waals surface area contributed by atoms with Crippen molar-refractivity contribution in [2.75, 3.05) is 6.61 Å². The van der Waals surface area contributed by atoms with Crippen molar-refractivity contribution >= 4 is 32.8 Å². The molecule has 4 heterocycles. The van der Waals surface area contributed by atoms with Crippen molar-refractivity contribution in [1.82, 2.24) is 18.7 Å². The predicted octanol–water partition coefficient (Wildman–Crippen LogP) is 11.7. The molecule has 0 atom stereocenters. The monoisotopic (exact) mass is 897 g/mol. The smallest absolute Gasteiger partial charge is 0.493 e. The number of nitrogens with zero attached hydrogens (tertiary/aromatic N) is 4. The Morgan fingerprint density at radius 2 is 1.57 bits per heavy atom. The quantitative estimate of drug-likeness (QED) is 0.173. The van der Waals surface area contributed by atoms with E-state index in [1.807, 2.05) is 88.0 Å². The van der Waals surface area contributed by atoms with Crippen molar-refractivity contribution in [2.24, 2.45) is 6.98 Å². The van der Waals surface area contributed by atoms with Crippen LogP contribution in [-0.2, 0) is 37.2 Å². The van der Waals surface area contributed by atoms with E-state index < -0.39 is 13.8 Å². The number of rotatable bonds is 5. The zero-order valence-corrected chi connectivity index (χ0v) is 33.1. The molecule has 0 bridgehead atoms. The molecule has 0 saturated heterocycles. The Bertz CT molecular complexity index is 3060. The Hall–Kier alpha value is -5.19. The molecule has 0 spiro atoms. The van der Waals surface area contributed by atoms with Crippen LogP contribution >= 0.6 is 0 Å². The SMILES string of the molecule is [2H]C([2H])([2H])c1cc(-n2c3cc(Oc4cccc(-n5[c](=[Pt])n(C([2H])([2H])[2H])c6ccccc65)c4)ccc3c3cc4c(cc32)OCCC4(C)C)ncc1-c1ccc(C(C)(C)C)cc1. The van der Waals surface area contributed by atoms with Gasteiger partial charge in [-0.2, -0.15) is 0 Å². The minimum absolute atomic E-state index is 0.0473. The minimum atomic E-state index is -2.42. The summed E-state index contributed by atoms with van der Waals surface area (Å²) in [5.74, 6) is 2.37. The van der Waals surface area contributed by atoms with Gasteiger partial charge in [0.05, 0.1) is 6.61 Å². The van der Waals surface area contributed by atoms with Crippen molar-refractivity contribution in [3.05, 3.63) is 136 Å². The van der Waals surface area contributed by atoms with Gasteiger partial charge < -0.3 is 4.74 Å². The van der Waals surface area contributed by atoms with Crippen molar-refractivity contribution in [3.8, 4) is 39.9 Å². The summed E-state index contributed by atoms with van der Waals surface area (Å²) in [5.41, 5.74) is 7.40. The number of benzene rings is 5. The minimum Gasteiger partial charge on any atom is -0.493 e. The molecule has 54 heavy (non-hydrogen) atoms. The fourth-order valence-electron chi connectivity index (χ4n) is 7.67. The molecule has 0 saturated carbocycles. The number of aromatic nitrogens is 4. The van der Waals surface area contributed by atoms with E-state index in [9.17, 15) is 0 Å². The Balaban J connectivity index is 1.20. The summed E-state index contributed by atoms with van der Waals surface area (Å²) in [6.07, 6.45) is 2.56. The molecule has 1 aliphatic heterocycles. The first-order valence-electron chi connectivity index (χ1n) is 21.1. The molecule has 0 aliphatic carbocycles. The summed E-state index contributed by atoms with van der Waals surface area (Å²) < 4.78 is 69.4. The first kappa shape index (κ1) is 28.3. The Morgan fingerprint density at radius 3 is 2.35 bits per heavy atom. The molecule has 0 N–H and O–H groups in total. The molecular weight excluding hydrogens is 848 g/mol. The number of pyridine rings is 1. The second kappa shape index (κ2) is 12.7. The van der Waals surface area contributed by atoms with Crippen LogP contribution in [0.25, 0.3) is 55.5 Å². The first-order valence-corrected chi connectivity index (χ1v) is 19.3. The summed E-state index contributed by atoms with van der Waals surface area (Å²) in [4.78, 5) is 4.98. The van der Waals surface area contributed by atoms with Crippen LogP contribution in [0.15, 0.2) is 115 Å². The van der Waals surface area contributed by atoms with Gasteiger partial charge in [-0.15, -0.1) is 0 Å². The fraction of sp³-hybridized carbons (Fsp3) is 0.234. The van der Waals surface area contributed by atoms with Crippen LogP contribution in [0.3, 0.4) is 0 Å². The number of hydrogen-bond donors (Lipinski definition) is 0. The second-order valence-corrected chi connectivity index (χ2v) is 16.8. The summed E-state index contributed by atoms with van der Waals surface area (Å²) in [5, 5.41) is 1.95. The number of fused-ring (bicyclic) bond motifs is 5. The fourth-order valence-corrected chi connectivity index (χ4v) is 8.51. The molecule has 0 amide bonds. The normalized spacial score (nSPS) is 16.2. The molecule has 7 heteroatoms. The molecule has 5 aromatic carbocycles. The van der Waals surface area contributed by atoms with Crippen molar-refractivity contribution in [2.45, 2.75) is 58.7 Å². The molecule has 1 aliphatic rings. The van der Waals surface area contributed by atoms with E-state index in [0.717, 1.165) is 61.9 Å². The van der Waals surface area contributed by atoms with Gasteiger partial charge in [-0.05, 0) is 40.8 Å². The van der Waals surface area contributed by atoms with Crippen LogP contribution in [0, 0.1) is 10.7 Å². The van der Waals surface area contributed by atoms with Gasteiger partial charge in [0.25, 0.3) is 0 Å². The van der Waals surface area contributed by atoms with Gasteiger partial charge in [0.15, 0.2) is 0 Å². The maximum atomic E-state index is 8.67. The van der Waals surface area contributed by atoms with E-state index in [2.05, 4.69) is 78.2 Å². The predicted molar refractivity (Wildman–Crippen MR) is 216 cm³/mol. The van der Waals surface area contributed by atoms with Gasteiger partial charge in [0, 0.05) is 21.4 Å². The van der Waals surface area contributed by atoms with Crippen LogP contribution in [0.4, 0.5) is 0 Å². The van der Waals surface area contributed by atoms with E-state index in [1.165, 1.54) is 4.57 Å². The van der Waals surface area contributed by atoms with E-state index in [-0.39, 0.29) is 16.4 Å². The van der Waals surface area contributed by atoms with E-state index in [4.69, 9.17) is 22.7 Å². The maximum absolute atomic E-state index is 8.67. The molecule has 9 rings (SSSR count). The summed E-state index contributed by atoms with van der Waals surface area (Å²) in [6, 6.07) is 34.9. The molecule has 0 unspecified atom stereocenters. The van der Waals surface area contributed by atoms with Crippen LogP contribution in [0.5, 0.6) is 17.2 Å². The summed E-state index contributed by atoms with van der Waals surface area (Å²) >= 11 is 2.07. The number of imidazole rings is 1. The van der Waals surface area contributed by atoms with Crippen LogP contribution < -0.4 is 9.47 Å². The third kappa shape index (κ3) is 5.74. The standard InChI is InChI=1S/C47H44N4O2.Pt/c1-30-23-45(48-28-38(30)31-15-17-32(18-16-31)46(2,3)4)51-42-25-35(19-20-36(42)37-26-39-44(27-43(37)51)52-22-21-47(39,5)6)53-34-12-10-11-33(24-34)50-29-49(7)40-13-8-9-14-41(40)50;/h8-20,23-28H,21-22H2,1-7H3;/i1D3,7D3;. The summed E-state index contributed by atoms with van der Waals surface area (Å²) in [7, 11) is 0. The molecule has 0 radical (unpaired) electrons. The van der Waals surface area contributed by atoms with Gasteiger partial charge >= 0.3 is 198 Å². The van der Waals surface area contributed by atoms with E-state index in [0.29, 0.717) is 38.8 Å².